The predicted molar refractivity (Wildman–Crippen MR) is 189 cm³/mol. The van der Waals surface area contributed by atoms with E-state index in [-0.39, 0.29) is 17.6 Å². The van der Waals surface area contributed by atoms with Gasteiger partial charge >= 0.3 is 29.2 Å². The van der Waals surface area contributed by atoms with Crippen molar-refractivity contribution in [2.75, 3.05) is 0 Å². The normalized spacial score (nSPS) is 23.4. The number of ether oxygens (including phenoxy) is 1. The number of aromatic nitrogens is 4. The monoisotopic (exact) mass is 796 g/mol. The van der Waals surface area contributed by atoms with Gasteiger partial charge in [0, 0.05) is 0 Å². The third-order valence-electron chi connectivity index (χ3n) is 7.92. The lowest BCUT2D eigenvalue weighted by atomic mass is 10.0. The first kappa shape index (κ1) is 43.8. The highest BCUT2D eigenvalue weighted by atomic mass is 31.3. The van der Waals surface area contributed by atoms with Crippen LogP contribution in [0.1, 0.15) is 85.8 Å². The maximum atomic E-state index is 12.8. The second-order valence-corrected chi connectivity index (χ2v) is 17.1. The molecule has 19 nitrogen and oxygen atoms in total. The van der Waals surface area contributed by atoms with Crippen molar-refractivity contribution in [3.05, 3.63) is 73.8 Å². The van der Waals surface area contributed by atoms with E-state index in [0.29, 0.717) is 12.8 Å². The minimum absolute atomic E-state index is 0.181. The number of hydrogen-bond donors (Lipinski definition) is 8. The maximum absolute atomic E-state index is 12.8. The molecule has 0 spiro atoms. The molecule has 2 aromatic rings. The lowest BCUT2D eigenvalue weighted by Crippen LogP contribution is -2.39. The van der Waals surface area contributed by atoms with Crippen LogP contribution >= 0.6 is 23.5 Å². The molecular weight excluding hydrogens is 749 g/mol. The Kier molecular flexibility index (Phi) is 15.7. The van der Waals surface area contributed by atoms with E-state index in [1.165, 1.54) is 16.7 Å². The van der Waals surface area contributed by atoms with Gasteiger partial charge in [0.25, 0.3) is 5.56 Å². The Balaban J connectivity index is 1.78. The van der Waals surface area contributed by atoms with Crippen molar-refractivity contribution < 1.29 is 61.4 Å². The molecule has 1 aliphatic heterocycles. The Bertz CT molecular complexity index is 1940. The largest absolute Gasteiger partial charge is 0.490 e. The van der Waals surface area contributed by atoms with Crippen LogP contribution in [0.5, 0.6) is 0 Å². The number of nitrogens with zero attached hydrogens (tertiary/aromatic N) is 2. The molecule has 1 aliphatic rings. The molecule has 1 fully saturated rings. The first-order valence-electron chi connectivity index (χ1n) is 16.2. The molecule has 3 unspecified atom stereocenters. The van der Waals surface area contributed by atoms with Gasteiger partial charge in [0.15, 0.2) is 11.7 Å². The molecule has 0 bridgehead atoms. The maximum Gasteiger partial charge on any atom is 0.490 e. The van der Waals surface area contributed by atoms with Crippen molar-refractivity contribution in [3.63, 3.8) is 0 Å². The third-order valence-corrected chi connectivity index (χ3v) is 11.8. The zero-order valence-electron chi connectivity index (χ0n) is 29.3. The average molecular weight is 797 g/mol. The van der Waals surface area contributed by atoms with Crippen molar-refractivity contribution in [3.8, 4) is 0 Å². The van der Waals surface area contributed by atoms with Gasteiger partial charge in [0.2, 0.25) is 0 Å². The van der Waals surface area contributed by atoms with Crippen molar-refractivity contribution >= 4 is 34.6 Å². The standard InChI is InChI=1S/C30H47N4O15P3/c1-18(2)9-6-10-19(3)11-7-12-20(4)13-8-14-21(5)15-16-22(47-51(42,43)49-52(44,45)48-50(39,40)41)26-24(35)25(36)29(46-26)34-17-31-23-27(34)32-30(38)33-28(23)37/h9,11,13,15,17,22,24-26,29,35-36H,6-8,10,12,14,16H2,1-5H3,(H,42,43)(H,44,45)(H2,39,40,41)(H2,32,33,37,38)/t22?,24-,25+,26+,29+/m0/s1. The molecule has 8 N–H and O–H groups in total. The number of aliphatic hydroxyl groups excluding tert-OH is 2. The predicted octanol–water partition coefficient (Wildman–Crippen LogP) is 4.28. The average Bonchev–Trinajstić information content (AvgIpc) is 3.53. The van der Waals surface area contributed by atoms with Crippen molar-refractivity contribution in [1.29, 1.82) is 0 Å². The highest BCUT2D eigenvalue weighted by molar-refractivity contribution is 7.66. The molecule has 0 aliphatic carbocycles. The Hall–Kier alpha value is -2.60. The number of nitrogens with one attached hydrogen (secondary N) is 2. The van der Waals surface area contributed by atoms with E-state index >= 15 is 0 Å². The molecular formula is C30H47N4O15P3. The summed E-state index contributed by atoms with van der Waals surface area (Å²) in [5.74, 6) is 0. The molecule has 1 saturated heterocycles. The van der Waals surface area contributed by atoms with Gasteiger partial charge in [-0.25, -0.2) is 23.5 Å². The summed E-state index contributed by atoms with van der Waals surface area (Å²) in [4.78, 5) is 70.0. The lowest BCUT2D eigenvalue weighted by Gasteiger charge is -2.27. The van der Waals surface area contributed by atoms with E-state index in [4.69, 9.17) is 19.0 Å². The van der Waals surface area contributed by atoms with Gasteiger partial charge in [0.05, 0.1) is 6.33 Å². The van der Waals surface area contributed by atoms with Crippen LogP contribution in [0.15, 0.2) is 62.5 Å². The van der Waals surface area contributed by atoms with E-state index in [2.05, 4.69) is 57.6 Å². The van der Waals surface area contributed by atoms with E-state index in [1.54, 1.807) is 13.0 Å². The number of H-pyrrole nitrogens is 2. The molecule has 3 rings (SSSR count). The van der Waals surface area contributed by atoms with Gasteiger partial charge in [-0.2, -0.15) is 8.62 Å². The molecule has 2 aromatic heterocycles. The van der Waals surface area contributed by atoms with Gasteiger partial charge in [-0.05, 0) is 79.6 Å². The van der Waals surface area contributed by atoms with Crippen LogP contribution in [0.3, 0.4) is 0 Å². The zero-order chi connectivity index (χ0) is 39.0. The van der Waals surface area contributed by atoms with Crippen LogP contribution in [0.4, 0.5) is 0 Å². The quantitative estimate of drug-likeness (QED) is 0.0727. The molecule has 0 radical (unpaired) electrons. The van der Waals surface area contributed by atoms with Gasteiger partial charge in [-0.1, -0.05) is 46.6 Å². The van der Waals surface area contributed by atoms with E-state index < -0.39 is 65.4 Å². The molecule has 7 atom stereocenters. The minimum Gasteiger partial charge on any atom is -0.387 e. The third kappa shape index (κ3) is 13.7. The number of allylic oxidation sites excluding steroid dienone is 7. The highest BCUT2D eigenvalue weighted by Crippen LogP contribution is 2.67. The van der Waals surface area contributed by atoms with Crippen LogP contribution in [0, 0.1) is 0 Å². The first-order valence-corrected chi connectivity index (χ1v) is 20.7. The summed E-state index contributed by atoms with van der Waals surface area (Å²) in [5, 5.41) is 21.9. The van der Waals surface area contributed by atoms with E-state index in [9.17, 15) is 43.3 Å². The van der Waals surface area contributed by atoms with Gasteiger partial charge in [-0.3, -0.25) is 23.9 Å². The number of aliphatic hydroxyl groups is 2. The number of rotatable bonds is 19. The second-order valence-electron chi connectivity index (χ2n) is 12.7. The van der Waals surface area contributed by atoms with Crippen molar-refractivity contribution in [2.45, 2.75) is 110 Å². The Morgan fingerprint density at radius 1 is 0.846 bits per heavy atom. The Morgan fingerprint density at radius 3 is 1.96 bits per heavy atom. The SMILES string of the molecule is CC(C)=CCCC(C)=CCCC(C)=CCCC(C)=CCC(OP(=O)(O)OP(=O)(O)OP(=O)(O)O)[C@H]1O[C@@H](n2cnc3c(=O)[nH]c(=O)[nH]c32)[C@H](O)[C@@H]1O. The molecule has 0 saturated carbocycles. The number of phosphoric acid groups is 3. The summed E-state index contributed by atoms with van der Waals surface area (Å²) in [7, 11) is -17.3. The molecule has 52 heavy (non-hydrogen) atoms. The fourth-order valence-corrected chi connectivity index (χ4v) is 8.59. The number of hydrogen-bond acceptors (Lipinski definition) is 12. The van der Waals surface area contributed by atoms with Crippen LogP contribution in [0.2, 0.25) is 0 Å². The van der Waals surface area contributed by atoms with Gasteiger partial charge < -0.3 is 34.5 Å². The number of phosphoric ester groups is 1. The molecule has 22 heteroatoms. The van der Waals surface area contributed by atoms with Crippen molar-refractivity contribution in [2.24, 2.45) is 0 Å². The summed E-state index contributed by atoms with van der Waals surface area (Å²) in [6.45, 7) is 10.1. The molecule has 0 aromatic carbocycles. The summed E-state index contributed by atoms with van der Waals surface area (Å²) >= 11 is 0. The zero-order valence-corrected chi connectivity index (χ0v) is 32.0. The lowest BCUT2D eigenvalue weighted by molar-refractivity contribution is -0.0798. The topological polar surface area (TPSA) is 293 Å². The smallest absolute Gasteiger partial charge is 0.387 e. The molecule has 3 heterocycles. The van der Waals surface area contributed by atoms with Gasteiger partial charge in [0.1, 0.15) is 30.1 Å². The number of aromatic amines is 2. The number of imidazole rings is 1. The van der Waals surface area contributed by atoms with Gasteiger partial charge in [-0.15, -0.1) is 0 Å². The highest BCUT2D eigenvalue weighted by Gasteiger charge is 2.50. The second kappa shape index (κ2) is 18.6. The summed E-state index contributed by atoms with van der Waals surface area (Å²) < 4.78 is 55.6. The fraction of sp³-hybridized carbons (Fsp3) is 0.567. The van der Waals surface area contributed by atoms with E-state index in [0.717, 1.165) is 42.2 Å². The minimum atomic E-state index is -5.88. The van der Waals surface area contributed by atoms with Crippen LogP contribution < -0.4 is 11.2 Å². The van der Waals surface area contributed by atoms with E-state index in [1.807, 2.05) is 11.9 Å². The Morgan fingerprint density at radius 2 is 1.40 bits per heavy atom. The Labute approximate surface area is 299 Å². The fourth-order valence-electron chi connectivity index (χ4n) is 5.38. The summed E-state index contributed by atoms with van der Waals surface area (Å²) in [5.41, 5.74) is 2.40. The van der Waals surface area contributed by atoms with Crippen LogP contribution in [0.25, 0.3) is 11.2 Å². The van der Waals surface area contributed by atoms with Crippen LogP contribution in [-0.2, 0) is 31.6 Å². The number of fused-ring (bicyclic) bond motifs is 1. The van der Waals surface area contributed by atoms with Crippen LogP contribution in [-0.4, -0.2) is 73.7 Å². The summed E-state index contributed by atoms with van der Waals surface area (Å²) in [6.07, 6.45) is 5.23. The first-order chi connectivity index (χ1) is 24.1. The van der Waals surface area contributed by atoms with Crippen molar-refractivity contribution in [1.82, 2.24) is 19.5 Å². The molecule has 292 valence electrons. The summed E-state index contributed by atoms with van der Waals surface area (Å²) in [6, 6.07) is 0. The molecule has 0 amide bonds.